The van der Waals surface area contributed by atoms with Gasteiger partial charge in [-0.3, -0.25) is 9.59 Å². The first-order valence-corrected chi connectivity index (χ1v) is 9.04. The molecule has 4 aliphatic rings. The van der Waals surface area contributed by atoms with Crippen molar-refractivity contribution in [1.29, 1.82) is 0 Å². The topological polar surface area (TPSA) is 49.9 Å². The predicted octanol–water partition coefficient (Wildman–Crippen LogP) is 2.21. The fourth-order valence-corrected chi connectivity index (χ4v) is 5.91. The molecule has 0 radical (unpaired) electrons. The van der Waals surface area contributed by atoms with Gasteiger partial charge in [0.15, 0.2) is 0 Å². The van der Waals surface area contributed by atoms with Crippen LogP contribution in [0, 0.1) is 5.92 Å². The summed E-state index contributed by atoms with van der Waals surface area (Å²) in [6.07, 6.45) is 4.63. The zero-order chi connectivity index (χ0) is 17.3. The Morgan fingerprint density at radius 2 is 2.12 bits per heavy atom. The Bertz CT molecular complexity index is 817. The number of anilines is 1. The molecule has 5 nitrogen and oxygen atoms in total. The van der Waals surface area contributed by atoms with Gasteiger partial charge in [0.25, 0.3) is 0 Å². The normalized spacial score (nSPS) is 35.0. The van der Waals surface area contributed by atoms with Crippen molar-refractivity contribution in [1.82, 2.24) is 4.90 Å². The third kappa shape index (κ3) is 1.64. The van der Waals surface area contributed by atoms with E-state index in [4.69, 9.17) is 4.74 Å². The van der Waals surface area contributed by atoms with Crippen LogP contribution in [-0.4, -0.2) is 42.5 Å². The molecule has 25 heavy (non-hydrogen) atoms. The largest absolute Gasteiger partial charge is 0.501 e. The first kappa shape index (κ1) is 15.0. The lowest BCUT2D eigenvalue weighted by Gasteiger charge is -2.49. The number of amides is 2. The first-order chi connectivity index (χ1) is 12.1. The molecule has 0 saturated carbocycles. The third-order valence-electron chi connectivity index (χ3n) is 6.66. The molecular formula is C20H22N2O3. The Morgan fingerprint density at radius 1 is 1.32 bits per heavy atom. The van der Waals surface area contributed by atoms with Gasteiger partial charge in [-0.25, -0.2) is 0 Å². The molecule has 0 N–H and O–H groups in total. The van der Waals surface area contributed by atoms with Crippen molar-refractivity contribution < 1.29 is 14.3 Å². The van der Waals surface area contributed by atoms with Crippen LogP contribution in [-0.2, 0) is 19.7 Å². The quantitative estimate of drug-likeness (QED) is 0.789. The number of para-hydroxylation sites is 1. The molecular weight excluding hydrogens is 316 g/mol. The van der Waals surface area contributed by atoms with Gasteiger partial charge in [0.1, 0.15) is 0 Å². The molecule has 5 rings (SSSR count). The summed E-state index contributed by atoms with van der Waals surface area (Å²) in [4.78, 5) is 29.4. The first-order valence-electron chi connectivity index (χ1n) is 9.04. The number of fused-ring (bicyclic) bond motifs is 1. The highest BCUT2D eigenvalue weighted by Gasteiger charge is 2.67. The SMILES string of the molecule is COC1=C[C@H]2N(C(C)=O)c3ccccc3[C@]23CC(=O)N2CCC[C@H]1[C@@H]23. The number of carbonyl (C=O) groups excluding carboxylic acids is 2. The number of piperidine rings is 1. The Balaban J connectivity index is 1.81. The zero-order valence-electron chi connectivity index (χ0n) is 14.6. The number of carbonyl (C=O) groups is 2. The highest BCUT2D eigenvalue weighted by Crippen LogP contribution is 2.60. The van der Waals surface area contributed by atoms with Gasteiger partial charge in [0.05, 0.1) is 30.4 Å². The minimum absolute atomic E-state index is 0.0150. The fraction of sp³-hybridized carbons (Fsp3) is 0.500. The summed E-state index contributed by atoms with van der Waals surface area (Å²) in [7, 11) is 1.70. The fourth-order valence-electron chi connectivity index (χ4n) is 5.91. The number of benzene rings is 1. The van der Waals surface area contributed by atoms with E-state index < -0.39 is 0 Å². The van der Waals surface area contributed by atoms with E-state index in [0.29, 0.717) is 6.42 Å². The number of nitrogens with zero attached hydrogens (tertiary/aromatic N) is 2. The number of hydrogen-bond donors (Lipinski definition) is 0. The zero-order valence-corrected chi connectivity index (χ0v) is 14.6. The van der Waals surface area contributed by atoms with Crippen LogP contribution in [0.2, 0.25) is 0 Å². The average molecular weight is 338 g/mol. The van der Waals surface area contributed by atoms with Gasteiger partial charge < -0.3 is 14.5 Å². The van der Waals surface area contributed by atoms with E-state index in [9.17, 15) is 9.59 Å². The van der Waals surface area contributed by atoms with E-state index in [2.05, 4.69) is 17.0 Å². The van der Waals surface area contributed by atoms with Crippen LogP contribution in [0.4, 0.5) is 5.69 Å². The average Bonchev–Trinajstić information content (AvgIpc) is 3.08. The maximum Gasteiger partial charge on any atom is 0.224 e. The van der Waals surface area contributed by atoms with E-state index in [0.717, 1.165) is 36.4 Å². The molecule has 1 aromatic carbocycles. The summed E-state index contributed by atoms with van der Waals surface area (Å²) in [6.45, 7) is 2.42. The monoisotopic (exact) mass is 338 g/mol. The molecule has 1 aromatic rings. The maximum absolute atomic E-state index is 12.9. The third-order valence-corrected chi connectivity index (χ3v) is 6.66. The lowest BCUT2D eigenvalue weighted by atomic mass is 9.62. The van der Waals surface area contributed by atoms with Gasteiger partial charge in [-0.2, -0.15) is 0 Å². The second-order valence-corrected chi connectivity index (χ2v) is 7.62. The van der Waals surface area contributed by atoms with Gasteiger partial charge in [0.2, 0.25) is 11.8 Å². The molecule has 3 heterocycles. The van der Waals surface area contributed by atoms with Gasteiger partial charge in [0, 0.05) is 31.5 Å². The van der Waals surface area contributed by atoms with Crippen molar-refractivity contribution >= 4 is 17.5 Å². The van der Waals surface area contributed by atoms with E-state index in [-0.39, 0.29) is 35.2 Å². The van der Waals surface area contributed by atoms with Crippen LogP contribution in [0.5, 0.6) is 0 Å². The van der Waals surface area contributed by atoms with Crippen molar-refractivity contribution in [3.05, 3.63) is 41.7 Å². The Labute approximate surface area is 147 Å². The van der Waals surface area contributed by atoms with Crippen LogP contribution >= 0.6 is 0 Å². The molecule has 0 bridgehead atoms. The number of methoxy groups -OCH3 is 1. The van der Waals surface area contributed by atoms with Crippen molar-refractivity contribution in [3.63, 3.8) is 0 Å². The number of rotatable bonds is 1. The van der Waals surface area contributed by atoms with Crippen LogP contribution in [0.15, 0.2) is 36.1 Å². The number of ether oxygens (including phenoxy) is 1. The second kappa shape index (κ2) is 4.87. The minimum atomic E-state index is -0.341. The van der Waals surface area contributed by atoms with Gasteiger partial charge in [-0.1, -0.05) is 18.2 Å². The van der Waals surface area contributed by atoms with Gasteiger partial charge in [-0.15, -0.1) is 0 Å². The van der Waals surface area contributed by atoms with E-state index in [1.165, 1.54) is 0 Å². The predicted molar refractivity (Wildman–Crippen MR) is 93.0 cm³/mol. The second-order valence-electron chi connectivity index (χ2n) is 7.62. The van der Waals surface area contributed by atoms with Crippen molar-refractivity contribution in [3.8, 4) is 0 Å². The molecule has 3 aliphatic heterocycles. The number of hydrogen-bond acceptors (Lipinski definition) is 3. The van der Waals surface area contributed by atoms with Crippen LogP contribution in [0.3, 0.4) is 0 Å². The van der Waals surface area contributed by atoms with E-state index in [1.54, 1.807) is 14.0 Å². The molecule has 1 aliphatic carbocycles. The standard InChI is InChI=1S/C20H22N2O3/c1-12(23)22-15-8-4-3-7-14(15)20-11-18(24)21-9-5-6-13(19(20)21)16(25-2)10-17(20)22/h3-4,7-8,10,13,17,19H,5-6,9,11H2,1-2H3/t13-,17-,19-,20-/m1/s1. The highest BCUT2D eigenvalue weighted by molar-refractivity contribution is 5.98. The lowest BCUT2D eigenvalue weighted by molar-refractivity contribution is -0.130. The molecule has 0 unspecified atom stereocenters. The van der Waals surface area contributed by atoms with E-state index >= 15 is 0 Å². The van der Waals surface area contributed by atoms with Crippen LogP contribution < -0.4 is 4.90 Å². The highest BCUT2D eigenvalue weighted by atomic mass is 16.5. The maximum atomic E-state index is 12.9. The minimum Gasteiger partial charge on any atom is -0.501 e. The lowest BCUT2D eigenvalue weighted by Crippen LogP contribution is -2.60. The smallest absolute Gasteiger partial charge is 0.224 e. The molecule has 2 fully saturated rings. The summed E-state index contributed by atoms with van der Waals surface area (Å²) in [5, 5.41) is 0. The molecule has 4 atom stereocenters. The Hall–Kier alpha value is -2.30. The summed E-state index contributed by atoms with van der Waals surface area (Å²) in [6, 6.07) is 8.05. The molecule has 130 valence electrons. The molecule has 2 amide bonds. The van der Waals surface area contributed by atoms with Crippen LogP contribution in [0.25, 0.3) is 0 Å². The Kier molecular flexibility index (Phi) is 2.92. The van der Waals surface area contributed by atoms with Crippen LogP contribution in [0.1, 0.15) is 31.7 Å². The van der Waals surface area contributed by atoms with Crippen molar-refractivity contribution in [2.24, 2.45) is 5.92 Å². The summed E-state index contributed by atoms with van der Waals surface area (Å²) < 4.78 is 5.74. The van der Waals surface area contributed by atoms with Gasteiger partial charge >= 0.3 is 0 Å². The van der Waals surface area contributed by atoms with E-state index in [1.807, 2.05) is 23.1 Å². The molecule has 2 saturated heterocycles. The summed E-state index contributed by atoms with van der Waals surface area (Å²) >= 11 is 0. The Morgan fingerprint density at radius 3 is 2.88 bits per heavy atom. The molecule has 1 spiro atoms. The summed E-state index contributed by atoms with van der Waals surface area (Å²) in [5.41, 5.74) is 1.76. The van der Waals surface area contributed by atoms with Crippen molar-refractivity contribution in [2.45, 2.75) is 43.7 Å². The van der Waals surface area contributed by atoms with Gasteiger partial charge in [-0.05, 0) is 30.5 Å². The molecule has 0 aromatic heterocycles. The van der Waals surface area contributed by atoms with Crippen molar-refractivity contribution in [2.75, 3.05) is 18.6 Å². The summed E-state index contributed by atoms with van der Waals surface area (Å²) in [5.74, 6) is 1.39. The molecule has 5 heteroatoms.